The molecule has 2 aliphatic heterocycles. The number of rotatable bonds is 5. The van der Waals surface area contributed by atoms with Crippen molar-refractivity contribution in [1.29, 1.82) is 0 Å². The van der Waals surface area contributed by atoms with Gasteiger partial charge in [0.25, 0.3) is 11.8 Å². The van der Waals surface area contributed by atoms with Gasteiger partial charge in [0, 0.05) is 38.5 Å². The Morgan fingerprint density at radius 3 is 2.63 bits per heavy atom. The lowest BCUT2D eigenvalue weighted by molar-refractivity contribution is -0.0472. The van der Waals surface area contributed by atoms with E-state index in [0.717, 1.165) is 18.6 Å². The first-order chi connectivity index (χ1) is 13.1. The second-order valence-corrected chi connectivity index (χ2v) is 6.67. The van der Waals surface area contributed by atoms with Gasteiger partial charge in [0.1, 0.15) is 11.3 Å². The van der Waals surface area contributed by atoms with Crippen LogP contribution in [0.15, 0.2) is 16.5 Å². The molecule has 9 heteroatoms. The summed E-state index contributed by atoms with van der Waals surface area (Å²) in [6.07, 6.45) is 2.26. The molecular weight excluding hydrogens is 357 g/mol. The molecule has 2 saturated heterocycles. The van der Waals surface area contributed by atoms with Crippen molar-refractivity contribution in [2.75, 3.05) is 26.4 Å². The van der Waals surface area contributed by atoms with E-state index in [1.54, 1.807) is 0 Å². The molecule has 1 unspecified atom stereocenters. The van der Waals surface area contributed by atoms with Crippen LogP contribution in [-0.2, 0) is 9.47 Å². The van der Waals surface area contributed by atoms with Crippen LogP contribution >= 0.6 is 0 Å². The van der Waals surface area contributed by atoms with Gasteiger partial charge in [-0.1, -0.05) is 0 Å². The third-order valence-electron chi connectivity index (χ3n) is 4.73. The van der Waals surface area contributed by atoms with E-state index in [4.69, 9.17) is 13.9 Å². The van der Waals surface area contributed by atoms with E-state index in [9.17, 15) is 14.0 Å². The molecule has 2 fully saturated rings. The number of amides is 2. The highest BCUT2D eigenvalue weighted by atomic mass is 19.1. The smallest absolute Gasteiger partial charge is 0.307 e. The normalized spacial score (nSPS) is 20.3. The van der Waals surface area contributed by atoms with Crippen LogP contribution in [-0.4, -0.2) is 55.3 Å². The lowest BCUT2D eigenvalue weighted by atomic mass is 10.1. The molecule has 27 heavy (non-hydrogen) atoms. The summed E-state index contributed by atoms with van der Waals surface area (Å²) in [5.41, 5.74) is 0.208. The topological polar surface area (TPSA) is 103 Å². The van der Waals surface area contributed by atoms with Crippen molar-refractivity contribution in [2.24, 2.45) is 0 Å². The van der Waals surface area contributed by atoms with Crippen LogP contribution < -0.4 is 10.6 Å². The summed E-state index contributed by atoms with van der Waals surface area (Å²) in [5, 5.41) is 5.52. The van der Waals surface area contributed by atoms with Gasteiger partial charge in [-0.3, -0.25) is 9.59 Å². The van der Waals surface area contributed by atoms with Crippen molar-refractivity contribution < 1.29 is 27.9 Å². The molecular formula is C18H20FN3O5. The fraction of sp³-hybridized carbons (Fsp3) is 0.500. The second kappa shape index (κ2) is 7.61. The molecule has 0 saturated carbocycles. The predicted molar refractivity (Wildman–Crippen MR) is 92.0 cm³/mol. The van der Waals surface area contributed by atoms with Gasteiger partial charge >= 0.3 is 5.91 Å². The molecule has 144 valence electrons. The first-order valence-electron chi connectivity index (χ1n) is 8.98. The van der Waals surface area contributed by atoms with Crippen LogP contribution in [0.25, 0.3) is 11.1 Å². The Morgan fingerprint density at radius 1 is 1.15 bits per heavy atom. The zero-order valence-corrected chi connectivity index (χ0v) is 14.6. The van der Waals surface area contributed by atoms with Gasteiger partial charge in [0.2, 0.25) is 0 Å². The average molecular weight is 377 g/mol. The van der Waals surface area contributed by atoms with Gasteiger partial charge in [0.15, 0.2) is 5.58 Å². The second-order valence-electron chi connectivity index (χ2n) is 6.67. The lowest BCUT2D eigenvalue weighted by Gasteiger charge is -2.26. The third kappa shape index (κ3) is 3.93. The van der Waals surface area contributed by atoms with Crippen LogP contribution in [0.1, 0.15) is 40.3 Å². The molecule has 2 aliphatic rings. The fourth-order valence-corrected chi connectivity index (χ4v) is 3.10. The molecule has 0 radical (unpaired) electrons. The maximum Gasteiger partial charge on any atom is 0.307 e. The summed E-state index contributed by atoms with van der Waals surface area (Å²) in [7, 11) is 0. The highest BCUT2D eigenvalue weighted by molar-refractivity contribution is 6.05. The number of aromatic nitrogens is 1. The lowest BCUT2D eigenvalue weighted by Crippen LogP contribution is -2.39. The van der Waals surface area contributed by atoms with E-state index in [0.29, 0.717) is 39.2 Å². The molecule has 2 amide bonds. The van der Waals surface area contributed by atoms with Crippen molar-refractivity contribution in [3.8, 4) is 0 Å². The number of nitrogens with one attached hydrogen (secondary N) is 2. The molecule has 2 N–H and O–H groups in total. The minimum Gasteiger partial charge on any atom is -0.431 e. The Labute approximate surface area is 154 Å². The zero-order chi connectivity index (χ0) is 18.8. The van der Waals surface area contributed by atoms with E-state index in [1.807, 2.05) is 0 Å². The van der Waals surface area contributed by atoms with Gasteiger partial charge in [-0.2, -0.15) is 0 Å². The minimum absolute atomic E-state index is 0.00180. The van der Waals surface area contributed by atoms with Crippen molar-refractivity contribution in [3.05, 3.63) is 29.4 Å². The van der Waals surface area contributed by atoms with Gasteiger partial charge in [0.05, 0.1) is 11.7 Å². The van der Waals surface area contributed by atoms with Crippen LogP contribution in [0.2, 0.25) is 0 Å². The molecule has 1 atom stereocenters. The number of carbonyl (C=O) groups excluding carboxylic acids is 2. The van der Waals surface area contributed by atoms with Gasteiger partial charge in [-0.15, -0.1) is 0 Å². The Balaban J connectivity index is 1.53. The van der Waals surface area contributed by atoms with E-state index in [1.165, 1.54) is 0 Å². The van der Waals surface area contributed by atoms with E-state index < -0.39 is 17.6 Å². The predicted octanol–water partition coefficient (Wildman–Crippen LogP) is 1.39. The Bertz CT molecular complexity index is 858. The number of benzene rings is 1. The molecule has 1 aromatic carbocycles. The molecule has 0 bridgehead atoms. The van der Waals surface area contributed by atoms with Crippen molar-refractivity contribution in [1.82, 2.24) is 15.6 Å². The standard InChI is InChI=1S/C18H20FN3O5/c19-10-7-13(16(23)20-9-12-3-6-26-12)15-14(8-10)22-18(27-15)17(24)21-11-1-4-25-5-2-11/h7-8,11-12H,1-6,9H2,(H,20,23)(H,21,24). The number of oxazole rings is 1. The van der Waals surface area contributed by atoms with Crippen molar-refractivity contribution in [2.45, 2.75) is 31.4 Å². The summed E-state index contributed by atoms with van der Waals surface area (Å²) >= 11 is 0. The highest BCUT2D eigenvalue weighted by Crippen LogP contribution is 2.22. The zero-order valence-electron chi connectivity index (χ0n) is 14.6. The average Bonchev–Trinajstić information content (AvgIpc) is 3.04. The summed E-state index contributed by atoms with van der Waals surface area (Å²) in [6.45, 7) is 2.18. The minimum atomic E-state index is -0.628. The van der Waals surface area contributed by atoms with E-state index >= 15 is 0 Å². The fourth-order valence-electron chi connectivity index (χ4n) is 3.10. The summed E-state index contributed by atoms with van der Waals surface area (Å²) in [4.78, 5) is 28.9. The Hall–Kier alpha value is -2.52. The third-order valence-corrected chi connectivity index (χ3v) is 4.73. The summed E-state index contributed by atoms with van der Waals surface area (Å²) in [5.74, 6) is -1.81. The number of fused-ring (bicyclic) bond motifs is 1. The first kappa shape index (κ1) is 17.9. The summed E-state index contributed by atoms with van der Waals surface area (Å²) < 4.78 is 29.9. The van der Waals surface area contributed by atoms with Crippen molar-refractivity contribution in [3.63, 3.8) is 0 Å². The van der Waals surface area contributed by atoms with E-state index in [2.05, 4.69) is 15.6 Å². The van der Waals surface area contributed by atoms with Gasteiger partial charge in [-0.05, 0) is 25.3 Å². The van der Waals surface area contributed by atoms with Crippen LogP contribution in [0.5, 0.6) is 0 Å². The summed E-state index contributed by atoms with van der Waals surface area (Å²) in [6, 6.07) is 2.18. The van der Waals surface area contributed by atoms with Crippen LogP contribution in [0.4, 0.5) is 4.39 Å². The SMILES string of the molecule is O=C(NC1CCOCC1)c1nc2cc(F)cc(C(=O)NCC3CCO3)c2o1. The molecule has 3 heterocycles. The van der Waals surface area contributed by atoms with E-state index in [-0.39, 0.29) is 34.7 Å². The number of nitrogens with zero attached hydrogens (tertiary/aromatic N) is 1. The maximum atomic E-state index is 13.9. The van der Waals surface area contributed by atoms with Crippen LogP contribution in [0.3, 0.4) is 0 Å². The molecule has 8 nitrogen and oxygen atoms in total. The number of hydrogen-bond acceptors (Lipinski definition) is 6. The quantitative estimate of drug-likeness (QED) is 0.816. The van der Waals surface area contributed by atoms with Gasteiger partial charge in [-0.25, -0.2) is 9.37 Å². The Kier molecular flexibility index (Phi) is 5.04. The molecule has 4 rings (SSSR count). The highest BCUT2D eigenvalue weighted by Gasteiger charge is 2.25. The van der Waals surface area contributed by atoms with Crippen molar-refractivity contribution >= 4 is 22.9 Å². The van der Waals surface area contributed by atoms with Gasteiger partial charge < -0.3 is 24.5 Å². The van der Waals surface area contributed by atoms with Crippen LogP contribution in [0, 0.1) is 5.82 Å². The molecule has 1 aromatic heterocycles. The first-order valence-corrected chi connectivity index (χ1v) is 8.98. The molecule has 2 aromatic rings. The number of halogens is 1. The number of ether oxygens (including phenoxy) is 2. The number of hydrogen-bond donors (Lipinski definition) is 2. The Morgan fingerprint density at radius 2 is 1.93 bits per heavy atom. The largest absolute Gasteiger partial charge is 0.431 e. The molecule has 0 spiro atoms. The molecule has 0 aliphatic carbocycles. The number of carbonyl (C=O) groups is 2. The maximum absolute atomic E-state index is 13.9. The monoisotopic (exact) mass is 377 g/mol.